The minimum atomic E-state index is -0.482. The number of aromatic amines is 1. The maximum Gasteiger partial charge on any atom is 0.341 e. The van der Waals surface area contributed by atoms with E-state index in [2.05, 4.69) is 4.98 Å². The van der Waals surface area contributed by atoms with Gasteiger partial charge in [-0.05, 0) is 37.6 Å². The third kappa shape index (κ3) is 3.28. The molecule has 0 fully saturated rings. The molecule has 0 bridgehead atoms. The van der Waals surface area contributed by atoms with E-state index in [1.165, 1.54) is 0 Å². The standard InChI is InChI=1S/C16H18N2O4/c1-3-21-15(19)11-7-5-6-10(8-11)13-9-12(14(17)18-13)16(20)22-4-2/h5-9,18H,3-4,17H2,1-2H3. The van der Waals surface area contributed by atoms with Gasteiger partial charge in [-0.1, -0.05) is 12.1 Å². The molecule has 2 aromatic rings. The molecule has 3 N–H and O–H groups in total. The number of esters is 2. The second-order valence-electron chi connectivity index (χ2n) is 4.53. The van der Waals surface area contributed by atoms with Gasteiger partial charge in [-0.15, -0.1) is 0 Å². The highest BCUT2D eigenvalue weighted by atomic mass is 16.5. The Labute approximate surface area is 128 Å². The summed E-state index contributed by atoms with van der Waals surface area (Å²) < 4.78 is 9.91. The molecule has 0 atom stereocenters. The van der Waals surface area contributed by atoms with Crippen molar-refractivity contribution >= 4 is 17.8 Å². The quantitative estimate of drug-likeness (QED) is 0.828. The molecule has 0 saturated carbocycles. The molecule has 2 rings (SSSR count). The van der Waals surface area contributed by atoms with Gasteiger partial charge in [-0.3, -0.25) is 0 Å². The van der Waals surface area contributed by atoms with E-state index in [1.807, 2.05) is 6.07 Å². The molecule has 1 aromatic carbocycles. The van der Waals surface area contributed by atoms with Gasteiger partial charge < -0.3 is 20.2 Å². The Morgan fingerprint density at radius 3 is 2.45 bits per heavy atom. The third-order valence-corrected chi connectivity index (χ3v) is 3.03. The van der Waals surface area contributed by atoms with Gasteiger partial charge in [0.15, 0.2) is 0 Å². The highest BCUT2D eigenvalue weighted by molar-refractivity contribution is 5.97. The van der Waals surface area contributed by atoms with E-state index in [4.69, 9.17) is 15.2 Å². The van der Waals surface area contributed by atoms with Crippen LogP contribution >= 0.6 is 0 Å². The number of nitrogens with two attached hydrogens (primary N) is 1. The first-order chi connectivity index (χ1) is 10.6. The largest absolute Gasteiger partial charge is 0.462 e. The highest BCUT2D eigenvalue weighted by Gasteiger charge is 2.16. The molecular formula is C16H18N2O4. The lowest BCUT2D eigenvalue weighted by atomic mass is 10.1. The van der Waals surface area contributed by atoms with Crippen molar-refractivity contribution in [3.05, 3.63) is 41.5 Å². The van der Waals surface area contributed by atoms with Crippen LogP contribution in [0.1, 0.15) is 34.6 Å². The van der Waals surface area contributed by atoms with Crippen LogP contribution in [0.25, 0.3) is 11.3 Å². The Kier molecular flexibility index (Phi) is 4.83. The molecule has 0 aliphatic carbocycles. The van der Waals surface area contributed by atoms with Gasteiger partial charge in [0.1, 0.15) is 11.4 Å². The van der Waals surface area contributed by atoms with E-state index in [0.29, 0.717) is 17.9 Å². The summed E-state index contributed by atoms with van der Waals surface area (Å²) in [5, 5.41) is 0. The Bertz CT molecular complexity index is 691. The average molecular weight is 302 g/mol. The summed E-state index contributed by atoms with van der Waals surface area (Å²) in [6.45, 7) is 4.06. The van der Waals surface area contributed by atoms with Crippen LogP contribution < -0.4 is 5.73 Å². The number of H-pyrrole nitrogens is 1. The maximum atomic E-state index is 11.8. The molecule has 1 aromatic heterocycles. The average Bonchev–Trinajstić information content (AvgIpc) is 2.90. The zero-order valence-corrected chi connectivity index (χ0v) is 12.5. The van der Waals surface area contributed by atoms with Crippen LogP contribution in [0.2, 0.25) is 0 Å². The van der Waals surface area contributed by atoms with Crippen LogP contribution in [0.5, 0.6) is 0 Å². The molecule has 0 radical (unpaired) electrons. The molecule has 22 heavy (non-hydrogen) atoms. The Balaban J connectivity index is 2.33. The van der Waals surface area contributed by atoms with Gasteiger partial charge in [0.2, 0.25) is 0 Å². The minimum Gasteiger partial charge on any atom is -0.462 e. The van der Waals surface area contributed by atoms with Crippen molar-refractivity contribution in [1.29, 1.82) is 0 Å². The molecule has 6 nitrogen and oxygen atoms in total. The summed E-state index contributed by atoms with van der Waals surface area (Å²) in [7, 11) is 0. The third-order valence-electron chi connectivity index (χ3n) is 3.03. The van der Waals surface area contributed by atoms with Crippen LogP contribution in [0, 0.1) is 0 Å². The lowest BCUT2D eigenvalue weighted by Gasteiger charge is -2.03. The number of rotatable bonds is 5. The molecule has 0 aliphatic rings. The maximum absolute atomic E-state index is 11.8. The Morgan fingerprint density at radius 2 is 1.77 bits per heavy atom. The van der Waals surface area contributed by atoms with Crippen molar-refractivity contribution in [3.8, 4) is 11.3 Å². The number of hydrogen-bond donors (Lipinski definition) is 2. The van der Waals surface area contributed by atoms with Crippen molar-refractivity contribution in [1.82, 2.24) is 4.98 Å². The van der Waals surface area contributed by atoms with Gasteiger partial charge in [0.25, 0.3) is 0 Å². The number of nitrogen functional groups attached to an aromatic ring is 1. The predicted molar refractivity (Wildman–Crippen MR) is 82.6 cm³/mol. The molecule has 0 saturated heterocycles. The lowest BCUT2D eigenvalue weighted by molar-refractivity contribution is 0.0517. The molecule has 6 heteroatoms. The van der Waals surface area contributed by atoms with Gasteiger partial charge in [0.05, 0.1) is 18.8 Å². The van der Waals surface area contributed by atoms with Crippen molar-refractivity contribution in [2.75, 3.05) is 18.9 Å². The minimum absolute atomic E-state index is 0.231. The molecule has 116 valence electrons. The topological polar surface area (TPSA) is 94.4 Å². The van der Waals surface area contributed by atoms with E-state index in [1.54, 1.807) is 38.1 Å². The summed E-state index contributed by atoms with van der Waals surface area (Å²) in [5.41, 5.74) is 7.88. The van der Waals surface area contributed by atoms with E-state index in [9.17, 15) is 9.59 Å². The summed E-state index contributed by atoms with van der Waals surface area (Å²) in [4.78, 5) is 26.5. The van der Waals surface area contributed by atoms with Crippen molar-refractivity contribution < 1.29 is 19.1 Å². The van der Waals surface area contributed by atoms with Crippen molar-refractivity contribution in [3.63, 3.8) is 0 Å². The van der Waals surface area contributed by atoms with Gasteiger partial charge >= 0.3 is 11.9 Å². The summed E-state index contributed by atoms with van der Waals surface area (Å²) in [6.07, 6.45) is 0. The van der Waals surface area contributed by atoms with Gasteiger partial charge in [-0.2, -0.15) is 0 Å². The number of ether oxygens (including phenoxy) is 2. The summed E-state index contributed by atoms with van der Waals surface area (Å²) in [6, 6.07) is 8.50. The number of anilines is 1. The lowest BCUT2D eigenvalue weighted by Crippen LogP contribution is -2.05. The van der Waals surface area contributed by atoms with Crippen LogP contribution in [0.4, 0.5) is 5.82 Å². The van der Waals surface area contributed by atoms with Crippen molar-refractivity contribution in [2.24, 2.45) is 0 Å². The molecule has 0 amide bonds. The number of aromatic nitrogens is 1. The van der Waals surface area contributed by atoms with Gasteiger partial charge in [0, 0.05) is 5.69 Å². The first-order valence-electron chi connectivity index (χ1n) is 7.00. The summed E-state index contributed by atoms with van der Waals surface area (Å²) >= 11 is 0. The van der Waals surface area contributed by atoms with Crippen molar-refractivity contribution in [2.45, 2.75) is 13.8 Å². The van der Waals surface area contributed by atoms with E-state index < -0.39 is 11.9 Å². The number of carbonyl (C=O) groups is 2. The number of benzene rings is 1. The molecule has 1 heterocycles. The predicted octanol–water partition coefficient (Wildman–Crippen LogP) is 2.62. The van der Waals surface area contributed by atoms with Gasteiger partial charge in [-0.25, -0.2) is 9.59 Å². The zero-order chi connectivity index (χ0) is 16.1. The normalized spacial score (nSPS) is 10.3. The van der Waals surface area contributed by atoms with Crippen LogP contribution in [0.3, 0.4) is 0 Å². The van der Waals surface area contributed by atoms with E-state index in [0.717, 1.165) is 5.56 Å². The molecule has 0 aliphatic heterocycles. The second-order valence-corrected chi connectivity index (χ2v) is 4.53. The van der Waals surface area contributed by atoms with E-state index >= 15 is 0 Å². The molecule has 0 unspecified atom stereocenters. The second kappa shape index (κ2) is 6.80. The monoisotopic (exact) mass is 302 g/mol. The number of hydrogen-bond acceptors (Lipinski definition) is 5. The van der Waals surface area contributed by atoms with Crippen LogP contribution in [0.15, 0.2) is 30.3 Å². The fraction of sp³-hybridized carbons (Fsp3) is 0.250. The SMILES string of the molecule is CCOC(=O)c1cccc(-c2cc(C(=O)OCC)c(N)[nH]2)c1. The van der Waals surface area contributed by atoms with Crippen LogP contribution in [-0.4, -0.2) is 30.1 Å². The first kappa shape index (κ1) is 15.6. The smallest absolute Gasteiger partial charge is 0.341 e. The van der Waals surface area contributed by atoms with E-state index in [-0.39, 0.29) is 18.0 Å². The number of carbonyl (C=O) groups excluding carboxylic acids is 2. The van der Waals surface area contributed by atoms with Crippen LogP contribution in [-0.2, 0) is 9.47 Å². The summed E-state index contributed by atoms with van der Waals surface area (Å²) in [5.74, 6) is -0.645. The first-order valence-corrected chi connectivity index (χ1v) is 7.00. The Morgan fingerprint density at radius 1 is 1.09 bits per heavy atom. The number of nitrogens with one attached hydrogen (secondary N) is 1. The fourth-order valence-electron chi connectivity index (χ4n) is 2.03. The molecular weight excluding hydrogens is 284 g/mol. The Hall–Kier alpha value is -2.76. The molecule has 0 spiro atoms. The fourth-order valence-corrected chi connectivity index (χ4v) is 2.03. The zero-order valence-electron chi connectivity index (χ0n) is 12.5. The highest BCUT2D eigenvalue weighted by Crippen LogP contribution is 2.25.